The first-order valence-electron chi connectivity index (χ1n) is 3.80. The SMILES string of the molecule is CC(=O)C(N)c1ccc(C)nc1. The first kappa shape index (κ1) is 8.87. The molecule has 0 bridgehead atoms. The van der Waals surface area contributed by atoms with Gasteiger partial charge in [0.2, 0.25) is 0 Å². The molecule has 0 aliphatic heterocycles. The van der Waals surface area contributed by atoms with Gasteiger partial charge in [-0.3, -0.25) is 9.78 Å². The summed E-state index contributed by atoms with van der Waals surface area (Å²) in [6.07, 6.45) is 1.64. The molecule has 1 unspecified atom stereocenters. The molecular weight excluding hydrogens is 152 g/mol. The number of nitrogens with two attached hydrogens (primary N) is 1. The monoisotopic (exact) mass is 164 g/mol. The van der Waals surface area contributed by atoms with E-state index in [2.05, 4.69) is 4.98 Å². The van der Waals surface area contributed by atoms with E-state index in [0.29, 0.717) is 0 Å². The molecule has 0 aromatic carbocycles. The average Bonchev–Trinajstić information content (AvgIpc) is 2.04. The molecule has 3 heteroatoms. The Morgan fingerprint density at radius 2 is 2.25 bits per heavy atom. The van der Waals surface area contributed by atoms with Gasteiger partial charge in [0, 0.05) is 11.9 Å². The molecule has 64 valence electrons. The average molecular weight is 164 g/mol. The number of carbonyl (C=O) groups excluding carboxylic acids is 1. The van der Waals surface area contributed by atoms with Crippen molar-refractivity contribution in [1.29, 1.82) is 0 Å². The Labute approximate surface area is 71.6 Å². The van der Waals surface area contributed by atoms with E-state index in [0.717, 1.165) is 11.3 Å². The standard InChI is InChI=1S/C9H12N2O/c1-6-3-4-8(5-11-6)9(10)7(2)12/h3-5,9H,10H2,1-2H3. The van der Waals surface area contributed by atoms with Crippen LogP contribution in [0.1, 0.15) is 24.2 Å². The highest BCUT2D eigenvalue weighted by molar-refractivity contribution is 5.82. The molecule has 0 amide bonds. The highest BCUT2D eigenvalue weighted by atomic mass is 16.1. The summed E-state index contributed by atoms with van der Waals surface area (Å²) in [6.45, 7) is 3.37. The molecular formula is C9H12N2O. The number of rotatable bonds is 2. The third-order valence-electron chi connectivity index (χ3n) is 1.73. The third kappa shape index (κ3) is 1.89. The van der Waals surface area contributed by atoms with Gasteiger partial charge in [0.25, 0.3) is 0 Å². The molecule has 0 saturated carbocycles. The van der Waals surface area contributed by atoms with Crippen molar-refractivity contribution in [1.82, 2.24) is 4.98 Å². The molecule has 0 radical (unpaired) electrons. The van der Waals surface area contributed by atoms with Crippen LogP contribution in [0.25, 0.3) is 0 Å². The Morgan fingerprint density at radius 3 is 2.67 bits per heavy atom. The van der Waals surface area contributed by atoms with Gasteiger partial charge in [-0.15, -0.1) is 0 Å². The highest BCUT2D eigenvalue weighted by Crippen LogP contribution is 2.09. The molecule has 1 heterocycles. The van der Waals surface area contributed by atoms with Crippen molar-refractivity contribution in [2.75, 3.05) is 0 Å². The predicted molar refractivity (Wildman–Crippen MR) is 46.6 cm³/mol. The smallest absolute Gasteiger partial charge is 0.151 e. The van der Waals surface area contributed by atoms with Gasteiger partial charge in [0.05, 0.1) is 6.04 Å². The number of hydrogen-bond acceptors (Lipinski definition) is 3. The van der Waals surface area contributed by atoms with Crippen LogP contribution in [0.4, 0.5) is 0 Å². The van der Waals surface area contributed by atoms with E-state index in [1.807, 2.05) is 19.1 Å². The van der Waals surface area contributed by atoms with Gasteiger partial charge in [-0.25, -0.2) is 0 Å². The van der Waals surface area contributed by atoms with E-state index in [9.17, 15) is 4.79 Å². The molecule has 0 aliphatic carbocycles. The van der Waals surface area contributed by atoms with Crippen LogP contribution in [-0.2, 0) is 4.79 Å². The summed E-state index contributed by atoms with van der Waals surface area (Å²) in [4.78, 5) is 14.9. The number of ketones is 1. The van der Waals surface area contributed by atoms with Crippen LogP contribution in [-0.4, -0.2) is 10.8 Å². The van der Waals surface area contributed by atoms with Gasteiger partial charge < -0.3 is 5.73 Å². The zero-order valence-corrected chi connectivity index (χ0v) is 7.24. The topological polar surface area (TPSA) is 56.0 Å². The number of aromatic nitrogens is 1. The van der Waals surface area contributed by atoms with Gasteiger partial charge in [0.1, 0.15) is 0 Å². The van der Waals surface area contributed by atoms with Gasteiger partial charge in [-0.2, -0.15) is 0 Å². The zero-order chi connectivity index (χ0) is 9.14. The molecule has 1 aromatic rings. The van der Waals surface area contributed by atoms with E-state index >= 15 is 0 Å². The van der Waals surface area contributed by atoms with Crippen LogP contribution in [0.2, 0.25) is 0 Å². The number of nitrogens with zero attached hydrogens (tertiary/aromatic N) is 1. The molecule has 3 nitrogen and oxygen atoms in total. The Balaban J connectivity index is 2.89. The van der Waals surface area contributed by atoms with Crippen LogP contribution in [0.15, 0.2) is 18.3 Å². The number of aryl methyl sites for hydroxylation is 1. The van der Waals surface area contributed by atoms with Crippen molar-refractivity contribution in [2.45, 2.75) is 19.9 Å². The number of hydrogen-bond donors (Lipinski definition) is 1. The van der Waals surface area contributed by atoms with Crippen LogP contribution >= 0.6 is 0 Å². The van der Waals surface area contributed by atoms with Crippen LogP contribution < -0.4 is 5.73 Å². The molecule has 2 N–H and O–H groups in total. The zero-order valence-electron chi connectivity index (χ0n) is 7.24. The lowest BCUT2D eigenvalue weighted by molar-refractivity contribution is -0.118. The van der Waals surface area contributed by atoms with Crippen molar-refractivity contribution in [3.63, 3.8) is 0 Å². The lowest BCUT2D eigenvalue weighted by Crippen LogP contribution is -2.18. The minimum absolute atomic E-state index is 0.0411. The minimum atomic E-state index is -0.530. The summed E-state index contributed by atoms with van der Waals surface area (Å²) >= 11 is 0. The van der Waals surface area contributed by atoms with E-state index < -0.39 is 6.04 Å². The van der Waals surface area contributed by atoms with E-state index in [1.54, 1.807) is 6.20 Å². The molecule has 0 saturated heterocycles. The van der Waals surface area contributed by atoms with E-state index in [1.165, 1.54) is 6.92 Å². The van der Waals surface area contributed by atoms with Gasteiger partial charge in [-0.1, -0.05) is 6.07 Å². The second-order valence-corrected chi connectivity index (χ2v) is 2.82. The molecule has 0 fully saturated rings. The summed E-state index contributed by atoms with van der Waals surface area (Å²) in [7, 11) is 0. The number of carbonyl (C=O) groups is 1. The molecule has 12 heavy (non-hydrogen) atoms. The van der Waals surface area contributed by atoms with Gasteiger partial charge in [0.15, 0.2) is 5.78 Å². The normalized spacial score (nSPS) is 12.6. The Morgan fingerprint density at radius 1 is 1.58 bits per heavy atom. The van der Waals surface area contributed by atoms with Crippen molar-refractivity contribution >= 4 is 5.78 Å². The van der Waals surface area contributed by atoms with Crippen LogP contribution in [0.5, 0.6) is 0 Å². The molecule has 1 aromatic heterocycles. The van der Waals surface area contributed by atoms with Gasteiger partial charge in [-0.05, 0) is 25.5 Å². The lowest BCUT2D eigenvalue weighted by Gasteiger charge is -2.06. The number of Topliss-reactive ketones (excluding diaryl/α,β-unsaturated/α-hetero) is 1. The van der Waals surface area contributed by atoms with Crippen LogP contribution in [0.3, 0.4) is 0 Å². The fourth-order valence-electron chi connectivity index (χ4n) is 0.898. The quantitative estimate of drug-likeness (QED) is 0.708. The summed E-state index contributed by atoms with van der Waals surface area (Å²) < 4.78 is 0. The van der Waals surface area contributed by atoms with Crippen molar-refractivity contribution in [2.24, 2.45) is 5.73 Å². The molecule has 0 aliphatic rings. The minimum Gasteiger partial charge on any atom is -0.318 e. The fraction of sp³-hybridized carbons (Fsp3) is 0.333. The third-order valence-corrected chi connectivity index (χ3v) is 1.73. The summed E-state index contributed by atoms with van der Waals surface area (Å²) in [5, 5.41) is 0. The lowest BCUT2D eigenvalue weighted by atomic mass is 10.1. The van der Waals surface area contributed by atoms with Crippen molar-refractivity contribution < 1.29 is 4.79 Å². The van der Waals surface area contributed by atoms with Crippen molar-refractivity contribution in [3.05, 3.63) is 29.6 Å². The maximum absolute atomic E-state index is 10.9. The molecule has 1 atom stereocenters. The first-order chi connectivity index (χ1) is 5.61. The Kier molecular flexibility index (Phi) is 2.55. The van der Waals surface area contributed by atoms with Crippen LogP contribution in [0, 0.1) is 6.92 Å². The highest BCUT2D eigenvalue weighted by Gasteiger charge is 2.10. The fourth-order valence-corrected chi connectivity index (χ4v) is 0.898. The largest absolute Gasteiger partial charge is 0.318 e. The second-order valence-electron chi connectivity index (χ2n) is 2.82. The molecule has 0 spiro atoms. The molecule has 1 rings (SSSR count). The summed E-state index contributed by atoms with van der Waals surface area (Å²) in [6, 6.07) is 3.14. The first-order valence-corrected chi connectivity index (χ1v) is 3.80. The van der Waals surface area contributed by atoms with E-state index in [4.69, 9.17) is 5.73 Å². The predicted octanol–water partition coefficient (Wildman–Crippen LogP) is 0.979. The Hall–Kier alpha value is -1.22. The van der Waals surface area contributed by atoms with E-state index in [-0.39, 0.29) is 5.78 Å². The van der Waals surface area contributed by atoms with Crippen molar-refractivity contribution in [3.8, 4) is 0 Å². The maximum Gasteiger partial charge on any atom is 0.151 e. The maximum atomic E-state index is 10.9. The Bertz CT molecular complexity index is 279. The number of pyridine rings is 1. The van der Waals surface area contributed by atoms with Gasteiger partial charge >= 0.3 is 0 Å². The summed E-state index contributed by atoms with van der Waals surface area (Å²) in [5.41, 5.74) is 7.30. The second kappa shape index (κ2) is 3.45. The summed E-state index contributed by atoms with van der Waals surface area (Å²) in [5.74, 6) is -0.0411.